The number of imidazole rings is 1. The molecule has 4 heteroatoms. The molecule has 0 atom stereocenters. The second-order valence-electron chi connectivity index (χ2n) is 10.3. The van der Waals surface area contributed by atoms with E-state index >= 15 is 0 Å². The predicted octanol–water partition coefficient (Wildman–Crippen LogP) is 8.95. The minimum Gasteiger partial charge on any atom is -0.309 e. The molecule has 0 radical (unpaired) electrons. The maximum Gasteiger partial charge on any atom is 0.146 e. The summed E-state index contributed by atoms with van der Waals surface area (Å²) in [5.74, 6) is 0. The summed E-state index contributed by atoms with van der Waals surface area (Å²) in [6, 6.07) is 43.2. The average Bonchev–Trinajstić information content (AvgIpc) is 3.58. The summed E-state index contributed by atoms with van der Waals surface area (Å²) in [6.07, 6.45) is 3.74. The van der Waals surface area contributed by atoms with Crippen LogP contribution in [-0.2, 0) is 0 Å². The quantitative estimate of drug-likeness (QED) is 0.218. The third kappa shape index (κ3) is 2.85. The van der Waals surface area contributed by atoms with Crippen molar-refractivity contribution in [2.75, 3.05) is 0 Å². The summed E-state index contributed by atoms with van der Waals surface area (Å²) >= 11 is 0. The molecule has 186 valence electrons. The molecule has 0 N–H and O–H groups in total. The first-order chi connectivity index (χ1) is 19.9. The second kappa shape index (κ2) is 8.01. The minimum absolute atomic E-state index is 0.997. The number of pyridine rings is 2. The molecule has 0 aliphatic rings. The summed E-state index contributed by atoms with van der Waals surface area (Å²) in [5.41, 5.74) is 10.1. The van der Waals surface area contributed by atoms with E-state index < -0.39 is 0 Å². The van der Waals surface area contributed by atoms with Gasteiger partial charge in [-0.25, -0.2) is 4.98 Å². The van der Waals surface area contributed by atoms with E-state index in [4.69, 9.17) is 4.98 Å². The highest BCUT2D eigenvalue weighted by atomic mass is 15.0. The lowest BCUT2D eigenvalue weighted by Gasteiger charge is -2.12. The number of para-hydroxylation sites is 3. The average molecular weight is 511 g/mol. The summed E-state index contributed by atoms with van der Waals surface area (Å²) in [4.78, 5) is 9.42. The molecular weight excluding hydrogens is 488 g/mol. The molecule has 4 nitrogen and oxygen atoms in total. The van der Waals surface area contributed by atoms with Crippen LogP contribution in [0.4, 0.5) is 0 Å². The van der Waals surface area contributed by atoms with Gasteiger partial charge < -0.3 is 4.57 Å². The Morgan fingerprint density at radius 1 is 0.500 bits per heavy atom. The second-order valence-corrected chi connectivity index (χ2v) is 10.3. The van der Waals surface area contributed by atoms with Crippen LogP contribution in [-0.4, -0.2) is 18.9 Å². The van der Waals surface area contributed by atoms with Crippen molar-refractivity contribution < 1.29 is 0 Å². The molecule has 40 heavy (non-hydrogen) atoms. The number of hydrogen-bond donors (Lipinski definition) is 0. The maximum absolute atomic E-state index is 5.08. The Kier molecular flexibility index (Phi) is 4.30. The van der Waals surface area contributed by atoms with E-state index in [0.717, 1.165) is 38.9 Å². The number of rotatable bonds is 2. The van der Waals surface area contributed by atoms with Crippen LogP contribution in [0.1, 0.15) is 0 Å². The van der Waals surface area contributed by atoms with Gasteiger partial charge >= 0.3 is 0 Å². The minimum atomic E-state index is 0.997. The summed E-state index contributed by atoms with van der Waals surface area (Å²) in [5, 5.41) is 6.13. The van der Waals surface area contributed by atoms with Gasteiger partial charge in [0.2, 0.25) is 0 Å². The van der Waals surface area contributed by atoms with Crippen molar-refractivity contribution in [1.29, 1.82) is 0 Å². The van der Waals surface area contributed by atoms with E-state index in [2.05, 4.69) is 129 Å². The van der Waals surface area contributed by atoms with Gasteiger partial charge in [0.1, 0.15) is 5.65 Å². The molecule has 0 fully saturated rings. The van der Waals surface area contributed by atoms with E-state index in [0.29, 0.717) is 0 Å². The Bertz CT molecular complexity index is 2430. The molecule has 4 heterocycles. The zero-order valence-corrected chi connectivity index (χ0v) is 21.5. The van der Waals surface area contributed by atoms with Gasteiger partial charge in [0, 0.05) is 45.2 Å². The lowest BCUT2D eigenvalue weighted by molar-refractivity contribution is 1.18. The third-order valence-corrected chi connectivity index (χ3v) is 8.15. The summed E-state index contributed by atoms with van der Waals surface area (Å²) in [7, 11) is 0. The fourth-order valence-corrected chi connectivity index (χ4v) is 6.49. The Morgan fingerprint density at radius 2 is 1.23 bits per heavy atom. The number of hydrogen-bond acceptors (Lipinski definition) is 2. The standard InChI is InChI=1S/C36H22N4/c1-2-13-27-26(12-1)34-33(40-31-17-6-4-15-29(31)38-36(27)40)19-18-32-35(34)28-14-3-5-16-30(28)39(32)25-11-7-9-23(21-25)24-10-8-20-37-22-24/h1-22H. The van der Waals surface area contributed by atoms with Crippen LogP contribution >= 0.6 is 0 Å². The van der Waals surface area contributed by atoms with Crippen molar-refractivity contribution in [3.05, 3.63) is 134 Å². The normalized spacial score (nSPS) is 12.0. The van der Waals surface area contributed by atoms with Gasteiger partial charge in [0.15, 0.2) is 0 Å². The van der Waals surface area contributed by atoms with Gasteiger partial charge in [0.25, 0.3) is 0 Å². The van der Waals surface area contributed by atoms with Crippen molar-refractivity contribution >= 4 is 60.2 Å². The Morgan fingerprint density at radius 3 is 2.10 bits per heavy atom. The van der Waals surface area contributed by atoms with E-state index in [1.165, 1.54) is 38.1 Å². The fourth-order valence-electron chi connectivity index (χ4n) is 6.49. The molecule has 0 unspecified atom stereocenters. The van der Waals surface area contributed by atoms with Gasteiger partial charge in [-0.05, 0) is 59.5 Å². The molecule has 0 aliphatic carbocycles. The lowest BCUT2D eigenvalue weighted by atomic mass is 10.0. The Labute approximate surface area is 229 Å². The first kappa shape index (κ1) is 21.5. The van der Waals surface area contributed by atoms with Crippen LogP contribution in [0.5, 0.6) is 0 Å². The summed E-state index contributed by atoms with van der Waals surface area (Å²) in [6.45, 7) is 0. The van der Waals surface area contributed by atoms with Crippen LogP contribution in [0.2, 0.25) is 0 Å². The first-order valence-corrected chi connectivity index (χ1v) is 13.5. The Hall–Kier alpha value is -5.48. The van der Waals surface area contributed by atoms with Gasteiger partial charge in [-0.15, -0.1) is 0 Å². The van der Waals surface area contributed by atoms with Crippen LogP contribution < -0.4 is 0 Å². The topological polar surface area (TPSA) is 35.1 Å². The van der Waals surface area contributed by atoms with E-state index in [1.54, 1.807) is 0 Å². The highest BCUT2D eigenvalue weighted by molar-refractivity contribution is 6.29. The lowest BCUT2D eigenvalue weighted by Crippen LogP contribution is -1.95. The number of fused-ring (bicyclic) bond motifs is 12. The zero-order chi connectivity index (χ0) is 26.2. The smallest absolute Gasteiger partial charge is 0.146 e. The molecular formula is C36H22N4. The van der Waals surface area contributed by atoms with Crippen molar-refractivity contribution in [3.8, 4) is 16.8 Å². The van der Waals surface area contributed by atoms with Gasteiger partial charge in [-0.1, -0.05) is 72.8 Å². The fraction of sp³-hybridized carbons (Fsp3) is 0. The number of nitrogens with zero attached hydrogens (tertiary/aromatic N) is 4. The first-order valence-electron chi connectivity index (χ1n) is 13.5. The van der Waals surface area contributed by atoms with Crippen LogP contribution in [0.3, 0.4) is 0 Å². The van der Waals surface area contributed by atoms with Gasteiger partial charge in [-0.3, -0.25) is 9.38 Å². The van der Waals surface area contributed by atoms with Gasteiger partial charge in [-0.2, -0.15) is 0 Å². The van der Waals surface area contributed by atoms with Crippen molar-refractivity contribution in [2.45, 2.75) is 0 Å². The van der Waals surface area contributed by atoms with E-state index in [1.807, 2.05) is 18.5 Å². The molecule has 9 rings (SSSR count). The van der Waals surface area contributed by atoms with Crippen LogP contribution in [0.15, 0.2) is 134 Å². The molecule has 0 bridgehead atoms. The van der Waals surface area contributed by atoms with Crippen molar-refractivity contribution in [2.24, 2.45) is 0 Å². The Balaban J connectivity index is 1.48. The predicted molar refractivity (Wildman–Crippen MR) is 165 cm³/mol. The molecule has 0 amide bonds. The highest BCUT2D eigenvalue weighted by Gasteiger charge is 2.20. The molecule has 0 spiro atoms. The molecule has 0 saturated carbocycles. The zero-order valence-electron chi connectivity index (χ0n) is 21.5. The van der Waals surface area contributed by atoms with E-state index in [9.17, 15) is 0 Å². The van der Waals surface area contributed by atoms with E-state index in [-0.39, 0.29) is 0 Å². The molecule has 4 aromatic heterocycles. The SMILES string of the molecule is c1cncc(-c2cccc(-n3c4ccccc4c4c5c6ccccc6c6nc7ccccc7n6c5ccc43)c2)c1. The van der Waals surface area contributed by atoms with Crippen LogP contribution in [0.25, 0.3) is 77.0 Å². The largest absolute Gasteiger partial charge is 0.309 e. The molecule has 0 aliphatic heterocycles. The number of aromatic nitrogens is 4. The molecule has 5 aromatic carbocycles. The third-order valence-electron chi connectivity index (χ3n) is 8.15. The van der Waals surface area contributed by atoms with Crippen molar-refractivity contribution in [3.63, 3.8) is 0 Å². The molecule has 0 saturated heterocycles. The van der Waals surface area contributed by atoms with Crippen molar-refractivity contribution in [1.82, 2.24) is 18.9 Å². The maximum atomic E-state index is 5.08. The summed E-state index contributed by atoms with van der Waals surface area (Å²) < 4.78 is 4.73. The molecule has 9 aromatic rings. The number of benzene rings is 5. The monoisotopic (exact) mass is 510 g/mol. The van der Waals surface area contributed by atoms with Crippen LogP contribution in [0, 0.1) is 0 Å². The highest BCUT2D eigenvalue weighted by Crippen LogP contribution is 2.41. The van der Waals surface area contributed by atoms with Gasteiger partial charge in [0.05, 0.1) is 27.6 Å².